The highest BCUT2D eigenvalue weighted by Gasteiger charge is 2.10. The molecule has 0 unspecified atom stereocenters. The molecule has 0 spiro atoms. The zero-order chi connectivity index (χ0) is 15.6. The second-order valence-electron chi connectivity index (χ2n) is 5.19. The summed E-state index contributed by atoms with van der Waals surface area (Å²) in [7, 11) is 1.67. The molecule has 0 amide bonds. The van der Waals surface area contributed by atoms with Gasteiger partial charge >= 0.3 is 0 Å². The molecule has 0 aliphatic heterocycles. The molecule has 4 aromatic rings. The first-order chi connectivity index (χ1) is 11.3. The maximum atomic E-state index is 5.46. The van der Waals surface area contributed by atoms with Crippen molar-refractivity contribution in [2.45, 2.75) is 6.54 Å². The van der Waals surface area contributed by atoms with Crippen LogP contribution < -0.4 is 4.74 Å². The summed E-state index contributed by atoms with van der Waals surface area (Å²) in [4.78, 5) is 12.1. The first-order valence-corrected chi connectivity index (χ1v) is 7.29. The quantitative estimate of drug-likeness (QED) is 0.629. The van der Waals surface area contributed by atoms with E-state index < -0.39 is 0 Å². The van der Waals surface area contributed by atoms with E-state index in [0.717, 1.165) is 28.2 Å². The Balaban J connectivity index is 1.76. The molecule has 114 valence electrons. The number of pyridine rings is 1. The minimum absolute atomic E-state index is 0.641. The lowest BCUT2D eigenvalue weighted by atomic mass is 10.1. The predicted molar refractivity (Wildman–Crippen MR) is 87.2 cm³/mol. The SMILES string of the molecule is COc1ccc(-c2nc3ncccc3[nH]2)cc1Cn1cccn1. The van der Waals surface area contributed by atoms with E-state index in [-0.39, 0.29) is 0 Å². The first-order valence-electron chi connectivity index (χ1n) is 7.29. The molecule has 0 saturated heterocycles. The number of rotatable bonds is 4. The maximum Gasteiger partial charge on any atom is 0.178 e. The van der Waals surface area contributed by atoms with Gasteiger partial charge in [-0.25, -0.2) is 9.97 Å². The zero-order valence-electron chi connectivity index (χ0n) is 12.6. The molecule has 1 aromatic carbocycles. The molecule has 4 rings (SSSR count). The summed E-state index contributed by atoms with van der Waals surface area (Å²) >= 11 is 0. The van der Waals surface area contributed by atoms with Crippen LogP contribution in [-0.2, 0) is 6.54 Å². The molecular formula is C17H15N5O. The van der Waals surface area contributed by atoms with Crippen molar-refractivity contribution in [3.05, 3.63) is 60.6 Å². The van der Waals surface area contributed by atoms with Crippen LogP contribution in [-0.4, -0.2) is 31.8 Å². The van der Waals surface area contributed by atoms with Gasteiger partial charge in [0.05, 0.1) is 19.2 Å². The van der Waals surface area contributed by atoms with Gasteiger partial charge in [0, 0.05) is 29.7 Å². The Bertz CT molecular complexity index is 910. The molecule has 6 nitrogen and oxygen atoms in total. The third-order valence-corrected chi connectivity index (χ3v) is 3.70. The first kappa shape index (κ1) is 13.5. The molecule has 3 aromatic heterocycles. The Morgan fingerprint density at radius 1 is 1.17 bits per heavy atom. The van der Waals surface area contributed by atoms with Crippen molar-refractivity contribution in [2.75, 3.05) is 7.11 Å². The largest absolute Gasteiger partial charge is 0.496 e. The number of nitrogens with one attached hydrogen (secondary N) is 1. The Morgan fingerprint density at radius 2 is 2.13 bits per heavy atom. The van der Waals surface area contributed by atoms with Crippen LogP contribution in [0.3, 0.4) is 0 Å². The molecule has 0 radical (unpaired) electrons. The highest BCUT2D eigenvalue weighted by Crippen LogP contribution is 2.26. The minimum atomic E-state index is 0.641. The van der Waals surface area contributed by atoms with Crippen molar-refractivity contribution in [3.63, 3.8) is 0 Å². The van der Waals surface area contributed by atoms with Crippen LogP contribution >= 0.6 is 0 Å². The lowest BCUT2D eigenvalue weighted by Crippen LogP contribution is -2.02. The number of ether oxygens (including phenoxy) is 1. The molecule has 0 atom stereocenters. The smallest absolute Gasteiger partial charge is 0.178 e. The summed E-state index contributed by atoms with van der Waals surface area (Å²) in [6.07, 6.45) is 5.43. The van der Waals surface area contributed by atoms with Crippen molar-refractivity contribution in [1.29, 1.82) is 0 Å². The van der Waals surface area contributed by atoms with Crippen molar-refractivity contribution in [2.24, 2.45) is 0 Å². The number of methoxy groups -OCH3 is 1. The van der Waals surface area contributed by atoms with Gasteiger partial charge < -0.3 is 9.72 Å². The van der Waals surface area contributed by atoms with Gasteiger partial charge in [0.2, 0.25) is 0 Å². The van der Waals surface area contributed by atoms with Gasteiger partial charge in [-0.2, -0.15) is 5.10 Å². The fourth-order valence-corrected chi connectivity index (χ4v) is 2.60. The van der Waals surface area contributed by atoms with Gasteiger partial charge in [-0.1, -0.05) is 0 Å². The Kier molecular flexibility index (Phi) is 3.27. The topological polar surface area (TPSA) is 68.6 Å². The van der Waals surface area contributed by atoms with Crippen molar-refractivity contribution < 1.29 is 4.74 Å². The number of hydrogen-bond acceptors (Lipinski definition) is 4. The van der Waals surface area contributed by atoms with Crippen LogP contribution in [0.25, 0.3) is 22.6 Å². The molecule has 0 fully saturated rings. The summed E-state index contributed by atoms with van der Waals surface area (Å²) in [6, 6.07) is 11.8. The summed E-state index contributed by atoms with van der Waals surface area (Å²) in [5.74, 6) is 1.63. The second kappa shape index (κ2) is 5.57. The normalized spacial score (nSPS) is 11.0. The van der Waals surface area contributed by atoms with E-state index in [1.165, 1.54) is 0 Å². The maximum absolute atomic E-state index is 5.46. The number of imidazole rings is 1. The van der Waals surface area contributed by atoms with Gasteiger partial charge in [-0.05, 0) is 36.4 Å². The lowest BCUT2D eigenvalue weighted by molar-refractivity contribution is 0.407. The number of aromatic amines is 1. The highest BCUT2D eigenvalue weighted by molar-refractivity contribution is 5.75. The minimum Gasteiger partial charge on any atom is -0.496 e. The summed E-state index contributed by atoms with van der Waals surface area (Å²) < 4.78 is 7.32. The molecule has 0 saturated carbocycles. The standard InChI is InChI=1S/C17H15N5O/c1-23-15-6-5-12(10-13(15)11-22-9-3-8-19-22)16-20-14-4-2-7-18-17(14)21-16/h2-10H,11H2,1H3,(H,18,20,21). The van der Waals surface area contributed by atoms with E-state index in [2.05, 4.69) is 26.1 Å². The van der Waals surface area contributed by atoms with Crippen LogP contribution in [0, 0.1) is 0 Å². The number of nitrogens with zero attached hydrogens (tertiary/aromatic N) is 4. The van der Waals surface area contributed by atoms with Crippen molar-refractivity contribution in [1.82, 2.24) is 24.7 Å². The summed E-state index contributed by atoms with van der Waals surface area (Å²) in [5.41, 5.74) is 3.67. The van der Waals surface area contributed by atoms with Crippen molar-refractivity contribution in [3.8, 4) is 17.1 Å². The molecule has 1 N–H and O–H groups in total. The van der Waals surface area contributed by atoms with Gasteiger partial charge in [-0.3, -0.25) is 4.68 Å². The number of aromatic nitrogens is 5. The van der Waals surface area contributed by atoms with E-state index in [4.69, 9.17) is 4.74 Å². The fourth-order valence-electron chi connectivity index (χ4n) is 2.60. The molecule has 0 bridgehead atoms. The van der Waals surface area contributed by atoms with E-state index >= 15 is 0 Å². The summed E-state index contributed by atoms with van der Waals surface area (Å²) in [6.45, 7) is 0.641. The molecule has 0 aliphatic carbocycles. The third kappa shape index (κ3) is 2.55. The second-order valence-corrected chi connectivity index (χ2v) is 5.19. The van der Waals surface area contributed by atoms with Crippen LogP contribution in [0.15, 0.2) is 55.0 Å². The lowest BCUT2D eigenvalue weighted by Gasteiger charge is -2.10. The highest BCUT2D eigenvalue weighted by atomic mass is 16.5. The molecule has 0 aliphatic rings. The third-order valence-electron chi connectivity index (χ3n) is 3.70. The Morgan fingerprint density at radius 3 is 2.91 bits per heavy atom. The van der Waals surface area contributed by atoms with Crippen LogP contribution in [0.1, 0.15) is 5.56 Å². The Hall–Kier alpha value is -3.15. The Labute approximate surface area is 132 Å². The number of hydrogen-bond donors (Lipinski definition) is 1. The number of benzene rings is 1. The van der Waals surface area contributed by atoms with E-state index in [1.54, 1.807) is 19.5 Å². The van der Waals surface area contributed by atoms with Gasteiger partial charge in [0.15, 0.2) is 5.65 Å². The average Bonchev–Trinajstić information content (AvgIpc) is 3.23. The number of H-pyrrole nitrogens is 1. The van der Waals surface area contributed by atoms with Gasteiger partial charge in [0.1, 0.15) is 11.6 Å². The average molecular weight is 305 g/mol. The van der Waals surface area contributed by atoms with Crippen LogP contribution in [0.2, 0.25) is 0 Å². The predicted octanol–water partition coefficient (Wildman–Crippen LogP) is 2.88. The molecule has 6 heteroatoms. The van der Waals surface area contributed by atoms with E-state index in [9.17, 15) is 0 Å². The molecule has 3 heterocycles. The molecular weight excluding hydrogens is 290 g/mol. The van der Waals surface area contributed by atoms with E-state index in [1.807, 2.05) is 41.2 Å². The monoisotopic (exact) mass is 305 g/mol. The van der Waals surface area contributed by atoms with Crippen LogP contribution in [0.4, 0.5) is 0 Å². The van der Waals surface area contributed by atoms with Gasteiger partial charge in [-0.15, -0.1) is 0 Å². The molecule has 23 heavy (non-hydrogen) atoms. The van der Waals surface area contributed by atoms with Crippen LogP contribution in [0.5, 0.6) is 5.75 Å². The number of fused-ring (bicyclic) bond motifs is 1. The summed E-state index contributed by atoms with van der Waals surface area (Å²) in [5, 5.41) is 4.25. The van der Waals surface area contributed by atoms with Gasteiger partial charge in [0.25, 0.3) is 0 Å². The van der Waals surface area contributed by atoms with E-state index in [0.29, 0.717) is 12.2 Å². The zero-order valence-corrected chi connectivity index (χ0v) is 12.6. The van der Waals surface area contributed by atoms with Crippen molar-refractivity contribution >= 4 is 11.2 Å². The fraction of sp³-hybridized carbons (Fsp3) is 0.118.